The summed E-state index contributed by atoms with van der Waals surface area (Å²) in [5, 5.41) is 11.3. The number of aromatic nitrogens is 4. The molecule has 0 radical (unpaired) electrons. The lowest BCUT2D eigenvalue weighted by molar-refractivity contribution is -0.115. The Labute approximate surface area is 142 Å². The third-order valence-corrected chi connectivity index (χ3v) is 4.06. The fraction of sp³-hybridized carbons (Fsp3) is 0.0588. The Hall–Kier alpha value is -3.68. The van der Waals surface area contributed by atoms with Crippen molar-refractivity contribution in [2.24, 2.45) is 11.5 Å². The topological polar surface area (TPSA) is 161 Å². The van der Waals surface area contributed by atoms with Gasteiger partial charge >= 0.3 is 0 Å². The lowest BCUT2D eigenvalue weighted by atomic mass is 10.2. The summed E-state index contributed by atoms with van der Waals surface area (Å²) < 4.78 is 0. The molecule has 2 aromatic carbocycles. The van der Waals surface area contributed by atoms with E-state index in [0.29, 0.717) is 6.42 Å². The highest BCUT2D eigenvalue weighted by Gasteiger charge is 2.11. The van der Waals surface area contributed by atoms with Crippen LogP contribution in [0.4, 0.5) is 0 Å². The molecule has 0 spiro atoms. The van der Waals surface area contributed by atoms with Crippen LogP contribution in [0.15, 0.2) is 36.4 Å². The van der Waals surface area contributed by atoms with Crippen LogP contribution in [0.25, 0.3) is 22.1 Å². The van der Waals surface area contributed by atoms with Crippen LogP contribution in [-0.4, -0.2) is 31.6 Å². The zero-order chi connectivity index (χ0) is 17.6. The van der Waals surface area contributed by atoms with Crippen LogP contribution < -0.4 is 22.3 Å². The van der Waals surface area contributed by atoms with Crippen LogP contribution in [0, 0.1) is 0 Å². The molecule has 124 valence electrons. The molecule has 2 aromatic heterocycles. The van der Waals surface area contributed by atoms with Gasteiger partial charge in [0.1, 0.15) is 11.6 Å². The van der Waals surface area contributed by atoms with Crippen LogP contribution in [0.1, 0.15) is 22.8 Å². The predicted octanol–water partition coefficient (Wildman–Crippen LogP) is -2.04. The lowest BCUT2D eigenvalue weighted by Crippen LogP contribution is -2.46. The number of amidine groups is 2. The maximum atomic E-state index is 5.64. The average molecular weight is 334 g/mol. The molecule has 0 unspecified atom stereocenters. The van der Waals surface area contributed by atoms with Crippen molar-refractivity contribution >= 4 is 33.7 Å². The van der Waals surface area contributed by atoms with Gasteiger partial charge < -0.3 is 9.97 Å². The van der Waals surface area contributed by atoms with Gasteiger partial charge in [0.15, 0.2) is 0 Å². The number of imidazole rings is 2. The fourth-order valence-corrected chi connectivity index (χ4v) is 2.81. The number of H-pyrrole nitrogens is 2. The van der Waals surface area contributed by atoms with Crippen molar-refractivity contribution in [1.29, 1.82) is 0 Å². The summed E-state index contributed by atoms with van der Waals surface area (Å²) in [5.74, 6) is 2.16. The maximum Gasteiger partial charge on any atom is 0.270 e. The van der Waals surface area contributed by atoms with Gasteiger partial charge in [-0.3, -0.25) is 22.3 Å². The highest BCUT2D eigenvalue weighted by Crippen LogP contribution is 2.17. The molecular formula is C17H18N8+2. The summed E-state index contributed by atoms with van der Waals surface area (Å²) in [6, 6.07) is 11.2. The standard InChI is InChI=1S/C17H16N8/c18-16(19)8-1-3-10-12(5-8)24-14(22-10)7-15-23-11-4-2-9(17(20)21)6-13(11)25-15/h1-6H,7H2,(H3,18,19)(H3,20,21)(H,22,24)(H,23,25)/p+2. The van der Waals surface area contributed by atoms with Crippen LogP contribution in [0.3, 0.4) is 0 Å². The van der Waals surface area contributed by atoms with Gasteiger partial charge in [-0.2, -0.15) is 0 Å². The summed E-state index contributed by atoms with van der Waals surface area (Å²) >= 11 is 0. The first kappa shape index (κ1) is 14.9. The first-order chi connectivity index (χ1) is 12.0. The number of nitrogens with one attached hydrogen (secondary N) is 2. The Kier molecular flexibility index (Phi) is 3.24. The average Bonchev–Trinajstić information content (AvgIpc) is 3.15. The Morgan fingerprint density at radius 1 is 0.800 bits per heavy atom. The Morgan fingerprint density at radius 2 is 1.24 bits per heavy atom. The largest absolute Gasteiger partial charge is 0.342 e. The molecule has 10 N–H and O–H groups in total. The minimum Gasteiger partial charge on any atom is -0.342 e. The minimum absolute atomic E-state index is 0.280. The van der Waals surface area contributed by atoms with Crippen molar-refractivity contribution in [2.45, 2.75) is 6.42 Å². The van der Waals surface area contributed by atoms with Gasteiger partial charge in [-0.05, 0) is 36.4 Å². The van der Waals surface area contributed by atoms with E-state index in [4.69, 9.17) is 22.3 Å². The predicted molar refractivity (Wildman–Crippen MR) is 95.4 cm³/mol. The molecule has 2 heterocycles. The SMILES string of the molecule is NC(=[NH2+])c1ccc2nc(Cc3nc4ccc(C(N)=[NH2+])cc4[nH]3)[nH]c2c1. The third-order valence-electron chi connectivity index (χ3n) is 4.06. The number of hydrogen-bond donors (Lipinski definition) is 6. The number of fused-ring (bicyclic) bond motifs is 2. The molecule has 0 aliphatic rings. The maximum absolute atomic E-state index is 5.64. The number of hydrogen-bond acceptors (Lipinski definition) is 2. The molecule has 4 aromatic rings. The van der Waals surface area contributed by atoms with E-state index in [-0.39, 0.29) is 11.7 Å². The Morgan fingerprint density at radius 3 is 1.64 bits per heavy atom. The molecule has 0 aliphatic heterocycles. The summed E-state index contributed by atoms with van der Waals surface area (Å²) in [4.78, 5) is 15.7. The van der Waals surface area contributed by atoms with E-state index in [0.717, 1.165) is 44.8 Å². The van der Waals surface area contributed by atoms with E-state index < -0.39 is 0 Å². The van der Waals surface area contributed by atoms with E-state index in [9.17, 15) is 0 Å². The van der Waals surface area contributed by atoms with Crippen LogP contribution in [0.2, 0.25) is 0 Å². The molecule has 4 rings (SSSR count). The number of nitrogens with two attached hydrogens (primary N) is 4. The molecule has 0 atom stereocenters. The minimum atomic E-state index is 0.280. The number of aromatic amines is 2. The van der Waals surface area contributed by atoms with Crippen LogP contribution >= 0.6 is 0 Å². The van der Waals surface area contributed by atoms with Gasteiger partial charge in [-0.25, -0.2) is 9.97 Å². The van der Waals surface area contributed by atoms with Gasteiger partial charge in [-0.1, -0.05) is 0 Å². The molecule has 0 saturated carbocycles. The van der Waals surface area contributed by atoms with Gasteiger partial charge in [0.05, 0.1) is 39.6 Å². The molecular weight excluding hydrogens is 316 g/mol. The van der Waals surface area contributed by atoms with E-state index in [1.165, 1.54) is 0 Å². The quantitative estimate of drug-likeness (QED) is 0.187. The summed E-state index contributed by atoms with van der Waals surface area (Å²) in [5.41, 5.74) is 16.3. The molecule has 25 heavy (non-hydrogen) atoms. The molecule has 0 saturated heterocycles. The van der Waals surface area contributed by atoms with Crippen LogP contribution in [-0.2, 0) is 6.42 Å². The van der Waals surface area contributed by atoms with E-state index >= 15 is 0 Å². The molecule has 8 heteroatoms. The van der Waals surface area contributed by atoms with Crippen molar-refractivity contribution in [3.8, 4) is 0 Å². The highest BCUT2D eigenvalue weighted by atomic mass is 15.0. The van der Waals surface area contributed by atoms with Crippen LogP contribution in [0.5, 0.6) is 0 Å². The zero-order valence-electron chi connectivity index (χ0n) is 13.4. The zero-order valence-corrected chi connectivity index (χ0v) is 13.4. The van der Waals surface area contributed by atoms with Crippen molar-refractivity contribution in [1.82, 2.24) is 19.9 Å². The first-order valence-electron chi connectivity index (χ1n) is 7.73. The second-order valence-electron chi connectivity index (χ2n) is 5.92. The summed E-state index contributed by atoms with van der Waals surface area (Å²) in [6.45, 7) is 0. The Balaban J connectivity index is 1.67. The van der Waals surface area contributed by atoms with E-state index in [1.54, 1.807) is 0 Å². The normalized spacial score (nSPS) is 11.2. The van der Waals surface area contributed by atoms with Gasteiger partial charge in [0.2, 0.25) is 0 Å². The smallest absolute Gasteiger partial charge is 0.270 e. The number of nitrogens with zero attached hydrogens (tertiary/aromatic N) is 2. The lowest BCUT2D eigenvalue weighted by Gasteiger charge is -1.92. The summed E-state index contributed by atoms with van der Waals surface area (Å²) in [7, 11) is 0. The molecule has 0 fully saturated rings. The third kappa shape index (κ3) is 2.69. The molecule has 0 amide bonds. The van der Waals surface area contributed by atoms with Crippen molar-refractivity contribution < 1.29 is 10.8 Å². The van der Waals surface area contributed by atoms with Gasteiger partial charge in [0, 0.05) is 0 Å². The summed E-state index contributed by atoms with van der Waals surface area (Å²) in [6.07, 6.45) is 0.539. The van der Waals surface area contributed by atoms with Crippen molar-refractivity contribution in [2.75, 3.05) is 0 Å². The molecule has 0 bridgehead atoms. The van der Waals surface area contributed by atoms with E-state index in [2.05, 4.69) is 19.9 Å². The number of rotatable bonds is 4. The first-order valence-corrected chi connectivity index (χ1v) is 7.73. The molecule has 8 nitrogen and oxygen atoms in total. The van der Waals surface area contributed by atoms with Gasteiger partial charge in [0.25, 0.3) is 11.7 Å². The highest BCUT2D eigenvalue weighted by molar-refractivity contribution is 5.96. The van der Waals surface area contributed by atoms with Crippen molar-refractivity contribution in [3.05, 3.63) is 59.2 Å². The fourth-order valence-electron chi connectivity index (χ4n) is 2.81. The number of benzene rings is 2. The molecule has 0 aliphatic carbocycles. The monoisotopic (exact) mass is 334 g/mol. The second-order valence-corrected chi connectivity index (χ2v) is 5.92. The van der Waals surface area contributed by atoms with E-state index in [1.807, 2.05) is 36.4 Å². The Bertz CT molecular complexity index is 1040. The van der Waals surface area contributed by atoms with Gasteiger partial charge in [-0.15, -0.1) is 0 Å². The van der Waals surface area contributed by atoms with Crippen molar-refractivity contribution in [3.63, 3.8) is 0 Å². The second kappa shape index (κ2) is 5.45.